The highest BCUT2D eigenvalue weighted by atomic mass is 79.9. The van der Waals surface area contributed by atoms with E-state index < -0.39 is 12.1 Å². The van der Waals surface area contributed by atoms with Crippen molar-refractivity contribution < 1.29 is 15.0 Å². The van der Waals surface area contributed by atoms with Gasteiger partial charge < -0.3 is 15.5 Å². The van der Waals surface area contributed by atoms with Crippen LogP contribution in [0.2, 0.25) is 0 Å². The highest BCUT2D eigenvalue weighted by molar-refractivity contribution is 9.10. The van der Waals surface area contributed by atoms with Crippen LogP contribution in [0.1, 0.15) is 6.42 Å². The molecule has 1 aromatic heterocycles. The number of aliphatic hydroxyl groups excluding tert-OH is 1. The number of pyridine rings is 1. The van der Waals surface area contributed by atoms with Gasteiger partial charge in [-0.3, -0.25) is 0 Å². The highest BCUT2D eigenvalue weighted by Crippen LogP contribution is 2.12. The molecule has 0 bridgehead atoms. The fraction of sp³-hybridized carbons (Fsp3) is 0.333. The summed E-state index contributed by atoms with van der Waals surface area (Å²) in [5, 5.41) is 20.3. The first-order valence-electron chi connectivity index (χ1n) is 4.36. The maximum absolute atomic E-state index is 10.3. The van der Waals surface area contributed by atoms with Crippen molar-refractivity contribution >= 4 is 27.7 Å². The second kappa shape index (κ2) is 5.67. The second-order valence-corrected chi connectivity index (χ2v) is 3.84. The predicted molar refractivity (Wildman–Crippen MR) is 58.7 cm³/mol. The minimum absolute atomic E-state index is 0.142. The number of carboxylic acids is 1. The number of aliphatic carboxylic acids is 1. The van der Waals surface area contributed by atoms with Crippen LogP contribution in [0.25, 0.3) is 0 Å². The van der Waals surface area contributed by atoms with Crippen LogP contribution < -0.4 is 5.32 Å². The summed E-state index contributed by atoms with van der Waals surface area (Å²) in [4.78, 5) is 14.3. The number of anilines is 1. The summed E-state index contributed by atoms with van der Waals surface area (Å²) in [5.41, 5.74) is 0. The monoisotopic (exact) mass is 274 g/mol. The number of halogens is 1. The maximum atomic E-state index is 10.3. The van der Waals surface area contributed by atoms with E-state index in [-0.39, 0.29) is 6.42 Å². The first-order chi connectivity index (χ1) is 7.09. The van der Waals surface area contributed by atoms with Gasteiger partial charge >= 0.3 is 5.97 Å². The van der Waals surface area contributed by atoms with Crippen LogP contribution in [0, 0.1) is 0 Å². The van der Waals surface area contributed by atoms with E-state index in [1.165, 1.54) is 0 Å². The Labute approximate surface area is 95.3 Å². The van der Waals surface area contributed by atoms with Crippen LogP contribution in [0.3, 0.4) is 0 Å². The van der Waals surface area contributed by atoms with Gasteiger partial charge in [-0.05, 0) is 12.1 Å². The third-order valence-corrected chi connectivity index (χ3v) is 2.22. The van der Waals surface area contributed by atoms with Gasteiger partial charge in [-0.15, -0.1) is 0 Å². The number of hydrogen-bond acceptors (Lipinski definition) is 4. The van der Waals surface area contributed by atoms with E-state index in [4.69, 9.17) is 10.2 Å². The molecule has 0 spiro atoms. The molecule has 5 nitrogen and oxygen atoms in total. The van der Waals surface area contributed by atoms with Crippen molar-refractivity contribution in [2.75, 3.05) is 11.9 Å². The molecule has 0 radical (unpaired) electrons. The standard InChI is InChI=1S/C9H11BrN2O3/c10-6-1-3-11-8(5-6)12-4-2-7(13)9(14)15/h1,3,5,7,13H,2,4H2,(H,11,12)(H,14,15). The third-order valence-electron chi connectivity index (χ3n) is 1.73. The SMILES string of the molecule is O=C(O)C(O)CCNc1cc(Br)ccn1. The number of aromatic nitrogens is 1. The first kappa shape index (κ1) is 11.9. The number of hydrogen-bond donors (Lipinski definition) is 3. The Morgan fingerprint density at radius 2 is 2.40 bits per heavy atom. The molecule has 0 fully saturated rings. The van der Waals surface area contributed by atoms with Gasteiger partial charge in [0.1, 0.15) is 5.82 Å². The fourth-order valence-electron chi connectivity index (χ4n) is 0.962. The van der Waals surface area contributed by atoms with Crippen molar-refractivity contribution in [2.24, 2.45) is 0 Å². The van der Waals surface area contributed by atoms with E-state index in [0.29, 0.717) is 12.4 Å². The summed E-state index contributed by atoms with van der Waals surface area (Å²) in [5.74, 6) is -0.569. The summed E-state index contributed by atoms with van der Waals surface area (Å²) in [7, 11) is 0. The Bertz CT molecular complexity index is 346. The van der Waals surface area contributed by atoms with Crippen LogP contribution >= 0.6 is 15.9 Å². The van der Waals surface area contributed by atoms with Crippen LogP contribution in [0.5, 0.6) is 0 Å². The topological polar surface area (TPSA) is 82.5 Å². The smallest absolute Gasteiger partial charge is 0.332 e. The minimum Gasteiger partial charge on any atom is -0.479 e. The lowest BCUT2D eigenvalue weighted by Gasteiger charge is -2.07. The zero-order chi connectivity index (χ0) is 11.3. The van der Waals surface area contributed by atoms with Crippen molar-refractivity contribution in [1.29, 1.82) is 0 Å². The van der Waals surface area contributed by atoms with E-state index in [1.807, 2.05) is 0 Å². The van der Waals surface area contributed by atoms with Crippen LogP contribution in [-0.4, -0.2) is 33.8 Å². The summed E-state index contributed by atoms with van der Waals surface area (Å²) in [6.45, 7) is 0.358. The molecule has 0 aliphatic heterocycles. The second-order valence-electron chi connectivity index (χ2n) is 2.93. The Morgan fingerprint density at radius 3 is 3.00 bits per heavy atom. The van der Waals surface area contributed by atoms with E-state index >= 15 is 0 Å². The molecule has 1 aromatic rings. The zero-order valence-electron chi connectivity index (χ0n) is 7.85. The van der Waals surface area contributed by atoms with E-state index in [2.05, 4.69) is 26.2 Å². The zero-order valence-corrected chi connectivity index (χ0v) is 9.44. The van der Waals surface area contributed by atoms with Crippen molar-refractivity contribution in [3.8, 4) is 0 Å². The molecular formula is C9H11BrN2O3. The maximum Gasteiger partial charge on any atom is 0.332 e. The molecule has 0 saturated carbocycles. The van der Waals surface area contributed by atoms with Gasteiger partial charge in [-0.2, -0.15) is 0 Å². The lowest BCUT2D eigenvalue weighted by Crippen LogP contribution is -2.22. The average molecular weight is 275 g/mol. The van der Waals surface area contributed by atoms with Gasteiger partial charge in [0.15, 0.2) is 6.10 Å². The molecule has 1 heterocycles. The Hall–Kier alpha value is -1.14. The number of carbonyl (C=O) groups is 1. The van der Waals surface area contributed by atoms with Gasteiger partial charge in [-0.25, -0.2) is 9.78 Å². The van der Waals surface area contributed by atoms with Gasteiger partial charge in [-0.1, -0.05) is 15.9 Å². The van der Waals surface area contributed by atoms with Crippen LogP contribution in [0.4, 0.5) is 5.82 Å². The van der Waals surface area contributed by atoms with Crippen molar-refractivity contribution in [2.45, 2.75) is 12.5 Å². The van der Waals surface area contributed by atoms with E-state index in [0.717, 1.165) is 4.47 Å². The number of aliphatic hydroxyl groups is 1. The molecule has 3 N–H and O–H groups in total. The van der Waals surface area contributed by atoms with Gasteiger partial charge in [0.25, 0.3) is 0 Å². The molecule has 82 valence electrons. The van der Waals surface area contributed by atoms with Crippen molar-refractivity contribution in [3.05, 3.63) is 22.8 Å². The molecule has 1 rings (SSSR count). The fourth-order valence-corrected chi connectivity index (χ4v) is 1.30. The predicted octanol–water partition coefficient (Wildman–Crippen LogP) is 1.09. The van der Waals surface area contributed by atoms with Crippen molar-refractivity contribution in [3.63, 3.8) is 0 Å². The lowest BCUT2D eigenvalue weighted by atomic mass is 10.2. The van der Waals surface area contributed by atoms with E-state index in [1.54, 1.807) is 18.3 Å². The molecule has 0 aromatic carbocycles. The summed E-state index contributed by atoms with van der Waals surface area (Å²) in [6.07, 6.45) is 0.438. The number of rotatable bonds is 5. The Balaban J connectivity index is 2.35. The number of nitrogens with one attached hydrogen (secondary N) is 1. The molecule has 1 unspecified atom stereocenters. The van der Waals surface area contributed by atoms with Crippen molar-refractivity contribution in [1.82, 2.24) is 4.98 Å². The quantitative estimate of drug-likeness (QED) is 0.749. The molecule has 6 heteroatoms. The molecule has 15 heavy (non-hydrogen) atoms. The minimum atomic E-state index is -1.33. The molecule has 0 amide bonds. The molecule has 0 saturated heterocycles. The molecule has 1 atom stereocenters. The molecule has 0 aliphatic carbocycles. The van der Waals surface area contributed by atoms with Gasteiger partial charge in [0.05, 0.1) is 0 Å². The summed E-state index contributed by atoms with van der Waals surface area (Å²) in [6, 6.07) is 3.56. The van der Waals surface area contributed by atoms with Crippen LogP contribution in [0.15, 0.2) is 22.8 Å². The Morgan fingerprint density at radius 1 is 1.67 bits per heavy atom. The summed E-state index contributed by atoms with van der Waals surface area (Å²) < 4.78 is 0.888. The van der Waals surface area contributed by atoms with Gasteiger partial charge in [0.2, 0.25) is 0 Å². The average Bonchev–Trinajstić information content (AvgIpc) is 2.17. The summed E-state index contributed by atoms with van der Waals surface area (Å²) >= 11 is 3.28. The number of carboxylic acid groups (broad SMARTS) is 1. The third kappa shape index (κ3) is 4.26. The van der Waals surface area contributed by atoms with Gasteiger partial charge in [0, 0.05) is 23.6 Å². The van der Waals surface area contributed by atoms with E-state index in [9.17, 15) is 4.79 Å². The largest absolute Gasteiger partial charge is 0.479 e. The molecule has 0 aliphatic rings. The highest BCUT2D eigenvalue weighted by Gasteiger charge is 2.11. The Kier molecular flexibility index (Phi) is 4.51. The normalized spacial score (nSPS) is 12.1. The first-order valence-corrected chi connectivity index (χ1v) is 5.15. The lowest BCUT2D eigenvalue weighted by molar-refractivity contribution is -0.146. The molecular weight excluding hydrogens is 264 g/mol. The van der Waals surface area contributed by atoms with Crippen LogP contribution in [-0.2, 0) is 4.79 Å². The number of nitrogens with zero attached hydrogens (tertiary/aromatic N) is 1.